The number of rotatable bonds is 4. The number of thiocarbonyl (C=S) groups is 1. The highest BCUT2D eigenvalue weighted by Crippen LogP contribution is 2.21. The van der Waals surface area contributed by atoms with E-state index in [1.165, 1.54) is 0 Å². The normalized spacial score (nSPS) is 12.4. The Hall–Kier alpha value is -2.20. The lowest BCUT2D eigenvalue weighted by molar-refractivity contribution is 0.677. The van der Waals surface area contributed by atoms with Crippen LogP contribution in [0.5, 0.6) is 0 Å². The van der Waals surface area contributed by atoms with Gasteiger partial charge in [0.15, 0.2) is 0 Å². The Kier molecular flexibility index (Phi) is 3.48. The lowest BCUT2D eigenvalue weighted by Crippen LogP contribution is -2.23. The first-order valence-electron chi connectivity index (χ1n) is 6.50. The van der Waals surface area contributed by atoms with Gasteiger partial charge in [-0.3, -0.25) is 0 Å². The Balaban J connectivity index is 1.97. The number of hydrogen-bond donors (Lipinski definition) is 1. The Labute approximate surface area is 123 Å². The van der Waals surface area contributed by atoms with Crippen molar-refractivity contribution in [3.8, 4) is 0 Å². The van der Waals surface area contributed by atoms with Crippen molar-refractivity contribution in [3.63, 3.8) is 0 Å². The van der Waals surface area contributed by atoms with Gasteiger partial charge in [-0.15, -0.1) is 0 Å². The van der Waals surface area contributed by atoms with E-state index in [2.05, 4.69) is 27.8 Å². The standard InChI is InChI=1S/C16H15N3S/c17-16(20)13(12-6-2-1-3-7-12)10-19-11-18-14-8-4-5-9-15(14)19/h1-9,11,13H,10H2,(H2,17,20). The van der Waals surface area contributed by atoms with Crippen LogP contribution in [0.4, 0.5) is 0 Å². The molecule has 0 aliphatic rings. The number of benzene rings is 2. The molecule has 0 saturated carbocycles. The van der Waals surface area contributed by atoms with Gasteiger partial charge in [-0.05, 0) is 17.7 Å². The zero-order chi connectivity index (χ0) is 13.9. The highest BCUT2D eigenvalue weighted by molar-refractivity contribution is 7.80. The number of para-hydroxylation sites is 2. The average Bonchev–Trinajstić information content (AvgIpc) is 2.88. The summed E-state index contributed by atoms with van der Waals surface area (Å²) in [4.78, 5) is 4.91. The minimum absolute atomic E-state index is 0.0174. The van der Waals surface area contributed by atoms with Crippen LogP contribution in [0.1, 0.15) is 11.5 Å². The Morgan fingerprint density at radius 2 is 1.80 bits per heavy atom. The fourth-order valence-corrected chi connectivity index (χ4v) is 2.61. The molecular weight excluding hydrogens is 266 g/mol. The first kappa shape index (κ1) is 12.8. The molecule has 0 spiro atoms. The summed E-state index contributed by atoms with van der Waals surface area (Å²) in [5, 5.41) is 0. The van der Waals surface area contributed by atoms with E-state index in [4.69, 9.17) is 18.0 Å². The van der Waals surface area contributed by atoms with Crippen LogP contribution in [-0.4, -0.2) is 14.5 Å². The van der Waals surface area contributed by atoms with E-state index in [0.29, 0.717) is 11.5 Å². The number of hydrogen-bond acceptors (Lipinski definition) is 2. The van der Waals surface area contributed by atoms with E-state index in [9.17, 15) is 0 Å². The largest absolute Gasteiger partial charge is 0.393 e. The van der Waals surface area contributed by atoms with E-state index < -0.39 is 0 Å². The molecule has 1 atom stereocenters. The number of nitrogens with zero attached hydrogens (tertiary/aromatic N) is 2. The van der Waals surface area contributed by atoms with Gasteiger partial charge >= 0.3 is 0 Å². The van der Waals surface area contributed by atoms with Crippen LogP contribution in [0.25, 0.3) is 11.0 Å². The van der Waals surface area contributed by atoms with Gasteiger partial charge in [0.25, 0.3) is 0 Å². The van der Waals surface area contributed by atoms with Gasteiger partial charge in [-0.2, -0.15) is 0 Å². The molecule has 0 radical (unpaired) electrons. The van der Waals surface area contributed by atoms with E-state index in [0.717, 1.165) is 16.6 Å². The molecule has 1 unspecified atom stereocenters. The molecule has 100 valence electrons. The molecule has 4 heteroatoms. The van der Waals surface area contributed by atoms with Crippen LogP contribution < -0.4 is 5.73 Å². The van der Waals surface area contributed by atoms with Crippen molar-refractivity contribution in [1.82, 2.24) is 9.55 Å². The molecule has 0 aliphatic carbocycles. The summed E-state index contributed by atoms with van der Waals surface area (Å²) >= 11 is 5.24. The van der Waals surface area contributed by atoms with Crippen LogP contribution in [0.3, 0.4) is 0 Å². The fourth-order valence-electron chi connectivity index (χ4n) is 2.40. The predicted molar refractivity (Wildman–Crippen MR) is 85.7 cm³/mol. The van der Waals surface area contributed by atoms with Crippen LogP contribution in [0.15, 0.2) is 60.9 Å². The van der Waals surface area contributed by atoms with Crippen LogP contribution in [-0.2, 0) is 6.54 Å². The molecule has 2 N–H and O–H groups in total. The lowest BCUT2D eigenvalue weighted by atomic mass is 9.99. The first-order valence-corrected chi connectivity index (χ1v) is 6.90. The van der Waals surface area contributed by atoms with Crippen molar-refractivity contribution in [1.29, 1.82) is 0 Å². The van der Waals surface area contributed by atoms with Gasteiger partial charge in [0.05, 0.1) is 28.3 Å². The minimum atomic E-state index is 0.0174. The molecule has 20 heavy (non-hydrogen) atoms. The van der Waals surface area contributed by atoms with E-state index in [-0.39, 0.29) is 5.92 Å². The summed E-state index contributed by atoms with van der Waals surface area (Å²) in [7, 11) is 0. The van der Waals surface area contributed by atoms with Gasteiger partial charge in [-0.25, -0.2) is 4.98 Å². The summed E-state index contributed by atoms with van der Waals surface area (Å²) in [6.07, 6.45) is 1.85. The van der Waals surface area contributed by atoms with Crippen molar-refractivity contribution in [2.75, 3.05) is 0 Å². The molecule has 3 rings (SSSR count). The van der Waals surface area contributed by atoms with E-state index in [1.54, 1.807) is 0 Å². The number of nitrogens with two attached hydrogens (primary N) is 1. The van der Waals surface area contributed by atoms with Crippen molar-refractivity contribution in [2.45, 2.75) is 12.5 Å². The summed E-state index contributed by atoms with van der Waals surface area (Å²) in [5.41, 5.74) is 9.15. The molecule has 0 bridgehead atoms. The number of fused-ring (bicyclic) bond motifs is 1. The fraction of sp³-hybridized carbons (Fsp3) is 0.125. The van der Waals surface area contributed by atoms with Gasteiger partial charge in [0, 0.05) is 6.54 Å². The predicted octanol–water partition coefficient (Wildman–Crippen LogP) is 3.11. The average molecular weight is 281 g/mol. The third kappa shape index (κ3) is 2.42. The topological polar surface area (TPSA) is 43.8 Å². The molecule has 0 fully saturated rings. The lowest BCUT2D eigenvalue weighted by Gasteiger charge is -2.17. The third-order valence-electron chi connectivity index (χ3n) is 3.45. The Bertz CT molecular complexity index is 734. The zero-order valence-corrected chi connectivity index (χ0v) is 11.8. The molecule has 1 heterocycles. The quantitative estimate of drug-likeness (QED) is 0.747. The zero-order valence-electron chi connectivity index (χ0n) is 10.9. The van der Waals surface area contributed by atoms with Gasteiger partial charge in [-0.1, -0.05) is 54.7 Å². The van der Waals surface area contributed by atoms with Crippen LogP contribution >= 0.6 is 12.2 Å². The van der Waals surface area contributed by atoms with E-state index in [1.807, 2.05) is 42.7 Å². The molecule has 0 aliphatic heterocycles. The highest BCUT2D eigenvalue weighted by Gasteiger charge is 2.16. The summed E-state index contributed by atoms with van der Waals surface area (Å²) in [6, 6.07) is 18.2. The molecule has 1 aromatic heterocycles. The second-order valence-electron chi connectivity index (χ2n) is 4.75. The second-order valence-corrected chi connectivity index (χ2v) is 5.22. The SMILES string of the molecule is NC(=S)C(Cn1cnc2ccccc21)c1ccccc1. The molecule has 3 aromatic rings. The Morgan fingerprint density at radius 3 is 2.55 bits per heavy atom. The summed E-state index contributed by atoms with van der Waals surface area (Å²) in [5.74, 6) is 0.0174. The van der Waals surface area contributed by atoms with Crippen molar-refractivity contribution < 1.29 is 0 Å². The monoisotopic (exact) mass is 281 g/mol. The maximum absolute atomic E-state index is 5.93. The number of aromatic nitrogens is 2. The first-order chi connectivity index (χ1) is 9.75. The van der Waals surface area contributed by atoms with Crippen LogP contribution in [0, 0.1) is 0 Å². The van der Waals surface area contributed by atoms with Crippen LogP contribution in [0.2, 0.25) is 0 Å². The molecule has 0 saturated heterocycles. The van der Waals surface area contributed by atoms with Gasteiger partial charge in [0.1, 0.15) is 0 Å². The maximum atomic E-state index is 5.93. The van der Waals surface area contributed by atoms with Crippen molar-refractivity contribution in [3.05, 3.63) is 66.5 Å². The minimum Gasteiger partial charge on any atom is -0.393 e. The number of imidazole rings is 1. The highest BCUT2D eigenvalue weighted by atomic mass is 32.1. The van der Waals surface area contributed by atoms with E-state index >= 15 is 0 Å². The molecule has 3 nitrogen and oxygen atoms in total. The van der Waals surface area contributed by atoms with Gasteiger partial charge in [0.2, 0.25) is 0 Å². The molecule has 0 amide bonds. The third-order valence-corrected chi connectivity index (χ3v) is 3.74. The molecule has 2 aromatic carbocycles. The maximum Gasteiger partial charge on any atom is 0.0958 e. The molecular formula is C16H15N3S. The smallest absolute Gasteiger partial charge is 0.0958 e. The second kappa shape index (κ2) is 5.43. The van der Waals surface area contributed by atoms with Gasteiger partial charge < -0.3 is 10.3 Å². The summed E-state index contributed by atoms with van der Waals surface area (Å²) in [6.45, 7) is 0.708. The summed E-state index contributed by atoms with van der Waals surface area (Å²) < 4.78 is 2.10. The van der Waals surface area contributed by atoms with Crippen molar-refractivity contribution in [2.24, 2.45) is 5.73 Å². The Morgan fingerprint density at radius 1 is 1.10 bits per heavy atom. The van der Waals surface area contributed by atoms with Crippen molar-refractivity contribution >= 4 is 28.2 Å².